The highest BCUT2D eigenvalue weighted by molar-refractivity contribution is 7.08. The average Bonchev–Trinajstić information content (AvgIpc) is 3.36. The molecule has 0 saturated heterocycles. The van der Waals surface area contributed by atoms with Crippen LogP contribution in [0.5, 0.6) is 11.5 Å². The van der Waals surface area contributed by atoms with E-state index in [4.69, 9.17) is 9.47 Å². The third-order valence-corrected chi connectivity index (χ3v) is 7.16. The Bertz CT molecular complexity index is 1680. The van der Waals surface area contributed by atoms with Gasteiger partial charge in [-0.2, -0.15) is 0 Å². The standard InChI is InChI=1S/C30H23NO5S/c1-3-15-31-29(34)25(37-30(31)26-27(32)21-11-7-8-12-22(21)28(26)33)17-20-13-14-23(24(16-20)35-2)36-18-19-9-5-4-6-10-19/h3-14,16-17H,1,15,18H2,2H3/b25-17+. The minimum absolute atomic E-state index is 0.0204. The molecule has 0 unspecified atom stereocenters. The summed E-state index contributed by atoms with van der Waals surface area (Å²) in [6.07, 6.45) is 3.29. The smallest absolute Gasteiger partial charge is 0.269 e. The number of methoxy groups -OCH3 is 1. The monoisotopic (exact) mass is 509 g/mol. The number of ether oxygens (including phenoxy) is 2. The molecule has 1 aliphatic carbocycles. The summed E-state index contributed by atoms with van der Waals surface area (Å²) in [6, 6.07) is 21.9. The van der Waals surface area contributed by atoms with Gasteiger partial charge in [-0.15, -0.1) is 17.9 Å². The Hall–Kier alpha value is -4.49. The van der Waals surface area contributed by atoms with Gasteiger partial charge in [-0.1, -0.05) is 66.7 Å². The first kappa shape index (κ1) is 24.2. The first-order valence-electron chi connectivity index (χ1n) is 11.6. The van der Waals surface area contributed by atoms with E-state index in [0.717, 1.165) is 22.5 Å². The molecule has 0 aliphatic heterocycles. The van der Waals surface area contributed by atoms with Crippen LogP contribution >= 0.6 is 11.3 Å². The number of rotatable bonds is 7. The molecule has 1 aliphatic rings. The van der Waals surface area contributed by atoms with Crippen molar-refractivity contribution in [2.45, 2.75) is 13.2 Å². The summed E-state index contributed by atoms with van der Waals surface area (Å²) in [6.45, 7) is 4.30. The first-order chi connectivity index (χ1) is 18.0. The summed E-state index contributed by atoms with van der Waals surface area (Å²) < 4.78 is 13.6. The van der Waals surface area contributed by atoms with E-state index in [0.29, 0.717) is 38.4 Å². The molecule has 0 fully saturated rings. The van der Waals surface area contributed by atoms with Crippen molar-refractivity contribution in [2.24, 2.45) is 0 Å². The number of carbonyl (C=O) groups is 2. The van der Waals surface area contributed by atoms with Crippen LogP contribution in [0.15, 0.2) is 90.2 Å². The largest absolute Gasteiger partial charge is 0.493 e. The van der Waals surface area contributed by atoms with Crippen molar-refractivity contribution >= 4 is 34.6 Å². The number of benzene rings is 3. The molecule has 0 bridgehead atoms. The van der Waals surface area contributed by atoms with Gasteiger partial charge in [-0.05, 0) is 29.3 Å². The summed E-state index contributed by atoms with van der Waals surface area (Å²) >= 11 is 1.12. The van der Waals surface area contributed by atoms with Crippen molar-refractivity contribution in [1.29, 1.82) is 0 Å². The Balaban J connectivity index is 1.57. The number of nitrogens with zero attached hydrogens (tertiary/aromatic N) is 1. The Morgan fingerprint density at radius 3 is 2.22 bits per heavy atom. The Kier molecular flexibility index (Phi) is 6.70. The number of hydrogen-bond acceptors (Lipinski definition) is 6. The molecule has 0 saturated carbocycles. The molecular weight excluding hydrogens is 486 g/mol. The van der Waals surface area contributed by atoms with Crippen molar-refractivity contribution in [3.63, 3.8) is 0 Å². The zero-order valence-electron chi connectivity index (χ0n) is 20.1. The molecule has 3 aromatic carbocycles. The molecule has 0 radical (unpaired) electrons. The van der Waals surface area contributed by atoms with Crippen molar-refractivity contribution in [3.05, 3.63) is 127 Å². The molecule has 7 heteroatoms. The summed E-state index contributed by atoms with van der Waals surface area (Å²) in [5.74, 6) is 0.370. The Morgan fingerprint density at radius 1 is 0.892 bits per heavy atom. The van der Waals surface area contributed by atoms with E-state index in [2.05, 4.69) is 6.58 Å². The highest BCUT2D eigenvalue weighted by Crippen LogP contribution is 2.29. The second kappa shape index (κ2) is 10.2. The van der Waals surface area contributed by atoms with E-state index in [1.165, 1.54) is 4.57 Å². The minimum Gasteiger partial charge on any atom is -0.493 e. The lowest BCUT2D eigenvalue weighted by molar-refractivity contribution is 0.102. The maximum Gasteiger partial charge on any atom is 0.269 e. The van der Waals surface area contributed by atoms with E-state index >= 15 is 0 Å². The van der Waals surface area contributed by atoms with Gasteiger partial charge in [0.05, 0.1) is 11.6 Å². The maximum absolute atomic E-state index is 13.3. The fraction of sp³-hybridized carbons (Fsp3) is 0.100. The van der Waals surface area contributed by atoms with Gasteiger partial charge in [-0.3, -0.25) is 19.0 Å². The normalized spacial score (nSPS) is 13.1. The van der Waals surface area contributed by atoms with Crippen LogP contribution in [-0.2, 0) is 13.2 Å². The van der Waals surface area contributed by atoms with E-state index in [1.54, 1.807) is 55.7 Å². The van der Waals surface area contributed by atoms with Gasteiger partial charge in [0.25, 0.3) is 5.56 Å². The zero-order valence-corrected chi connectivity index (χ0v) is 20.9. The molecule has 1 heterocycles. The van der Waals surface area contributed by atoms with Gasteiger partial charge in [0.15, 0.2) is 11.5 Å². The fourth-order valence-electron chi connectivity index (χ4n) is 4.23. The van der Waals surface area contributed by atoms with Crippen LogP contribution in [0.4, 0.5) is 0 Å². The van der Waals surface area contributed by atoms with Gasteiger partial charge in [0.1, 0.15) is 16.8 Å². The van der Waals surface area contributed by atoms with Crippen molar-refractivity contribution in [1.82, 2.24) is 4.57 Å². The molecule has 0 spiro atoms. The second-order valence-electron chi connectivity index (χ2n) is 8.38. The fourth-order valence-corrected chi connectivity index (χ4v) is 5.38. The topological polar surface area (TPSA) is 74.6 Å². The second-order valence-corrected chi connectivity index (χ2v) is 9.41. The first-order valence-corrected chi connectivity index (χ1v) is 12.4. The number of thiazole rings is 1. The Labute approximate surface area is 217 Å². The van der Waals surface area contributed by atoms with Gasteiger partial charge in [-0.25, -0.2) is 0 Å². The van der Waals surface area contributed by atoms with E-state index in [9.17, 15) is 14.4 Å². The molecule has 184 valence electrons. The van der Waals surface area contributed by atoms with Gasteiger partial charge >= 0.3 is 0 Å². The quantitative estimate of drug-likeness (QED) is 0.355. The maximum atomic E-state index is 13.3. The molecule has 1 aromatic heterocycles. The van der Waals surface area contributed by atoms with Gasteiger partial charge in [0.2, 0.25) is 11.6 Å². The van der Waals surface area contributed by atoms with E-state index in [1.807, 2.05) is 36.4 Å². The number of aromatic nitrogens is 1. The summed E-state index contributed by atoms with van der Waals surface area (Å²) in [5, 5.41) is 0. The Morgan fingerprint density at radius 2 is 1.57 bits per heavy atom. The molecule has 0 atom stereocenters. The van der Waals surface area contributed by atoms with Crippen LogP contribution in [0.1, 0.15) is 31.8 Å². The van der Waals surface area contributed by atoms with Crippen LogP contribution in [-0.4, -0.2) is 23.2 Å². The third kappa shape index (κ3) is 4.57. The number of carbonyl (C=O) groups excluding carboxylic acids is 2. The molecule has 6 nitrogen and oxygen atoms in total. The van der Waals surface area contributed by atoms with Gasteiger partial charge in [0, 0.05) is 17.7 Å². The highest BCUT2D eigenvalue weighted by atomic mass is 32.1. The number of fused-ring (bicyclic) bond motifs is 1. The minimum atomic E-state index is -0.368. The van der Waals surface area contributed by atoms with Crippen LogP contribution < -0.4 is 24.2 Å². The third-order valence-electron chi connectivity index (χ3n) is 6.03. The number of allylic oxidation sites excluding steroid dienone is 1. The molecule has 0 amide bonds. The highest BCUT2D eigenvalue weighted by Gasteiger charge is 2.34. The lowest BCUT2D eigenvalue weighted by Crippen LogP contribution is -2.32. The summed E-state index contributed by atoms with van der Waals surface area (Å²) in [5.41, 5.74) is 2.19. The molecule has 0 N–H and O–H groups in total. The summed E-state index contributed by atoms with van der Waals surface area (Å²) in [7, 11) is 1.56. The number of Topliss-reactive ketones (excluding diaryl/α,β-unsaturated/α-hetero) is 2. The lowest BCUT2D eigenvalue weighted by atomic mass is 10.1. The predicted octanol–water partition coefficient (Wildman–Crippen LogP) is 3.74. The lowest BCUT2D eigenvalue weighted by Gasteiger charge is -2.11. The predicted molar refractivity (Wildman–Crippen MR) is 144 cm³/mol. The number of hydrogen-bond donors (Lipinski definition) is 0. The van der Waals surface area contributed by atoms with E-state index in [-0.39, 0.29) is 29.2 Å². The van der Waals surface area contributed by atoms with Crippen molar-refractivity contribution in [3.8, 4) is 11.5 Å². The zero-order chi connectivity index (χ0) is 25.9. The molecule has 5 rings (SSSR count). The van der Waals surface area contributed by atoms with Gasteiger partial charge < -0.3 is 9.47 Å². The van der Waals surface area contributed by atoms with Crippen LogP contribution in [0.2, 0.25) is 0 Å². The SMILES string of the molecule is C=CCn1c(=C2C(=O)c3ccccc3C2=O)s/c(=C/c2ccc(OCc3ccccc3)c(OC)c2)c1=O. The van der Waals surface area contributed by atoms with E-state index < -0.39 is 0 Å². The molecule has 37 heavy (non-hydrogen) atoms. The number of ketones is 2. The van der Waals surface area contributed by atoms with Crippen molar-refractivity contribution < 1.29 is 19.1 Å². The molecule has 4 aromatic rings. The van der Waals surface area contributed by atoms with Crippen molar-refractivity contribution in [2.75, 3.05) is 7.11 Å². The summed E-state index contributed by atoms with van der Waals surface area (Å²) in [4.78, 5) is 39.5. The van der Waals surface area contributed by atoms with Crippen LogP contribution in [0, 0.1) is 0 Å². The van der Waals surface area contributed by atoms with Crippen LogP contribution in [0.25, 0.3) is 11.6 Å². The molecular formula is C30H23NO5S. The van der Waals surface area contributed by atoms with Crippen LogP contribution in [0.3, 0.4) is 0 Å². The average molecular weight is 510 g/mol.